The van der Waals surface area contributed by atoms with Crippen LogP contribution in [0.1, 0.15) is 27.8 Å². The van der Waals surface area contributed by atoms with Crippen LogP contribution in [0.15, 0.2) is 6.07 Å². The van der Waals surface area contributed by atoms with E-state index in [-0.39, 0.29) is 27.6 Å². The first-order chi connectivity index (χ1) is 7.73. The van der Waals surface area contributed by atoms with Crippen LogP contribution in [-0.4, -0.2) is 0 Å². The summed E-state index contributed by atoms with van der Waals surface area (Å²) in [5, 5.41) is 0.187. The molecular formula is C11H11BrF4. The quantitative estimate of drug-likeness (QED) is 0.556. The van der Waals surface area contributed by atoms with Crippen molar-refractivity contribution in [3.8, 4) is 0 Å². The lowest BCUT2D eigenvalue weighted by molar-refractivity contribution is 0.436. The minimum Gasteiger partial charge on any atom is -0.246 e. The van der Waals surface area contributed by atoms with Gasteiger partial charge in [0.25, 0.3) is 0 Å². The van der Waals surface area contributed by atoms with E-state index < -0.39 is 26.7 Å². The van der Waals surface area contributed by atoms with E-state index in [9.17, 15) is 17.6 Å². The van der Waals surface area contributed by atoms with Crippen molar-refractivity contribution in [2.45, 2.75) is 32.0 Å². The topological polar surface area (TPSA) is 0 Å². The van der Waals surface area contributed by atoms with E-state index in [2.05, 4.69) is 15.9 Å². The zero-order valence-corrected chi connectivity index (χ0v) is 10.1. The highest BCUT2D eigenvalue weighted by molar-refractivity contribution is 9.08. The van der Waals surface area contributed by atoms with Crippen LogP contribution in [0.2, 0.25) is 0 Å². The molecule has 0 radical (unpaired) electrons. The Labute approximate surface area is 99.8 Å². The molecular weight excluding hydrogens is 288 g/mol. The van der Waals surface area contributed by atoms with E-state index >= 15 is 0 Å². The summed E-state index contributed by atoms with van der Waals surface area (Å²) in [5.41, 5.74) is 0.782. The number of halogens is 5. The molecule has 1 aromatic carbocycles. The van der Waals surface area contributed by atoms with Crippen molar-refractivity contribution < 1.29 is 17.6 Å². The highest BCUT2D eigenvalue weighted by atomic mass is 79.9. The van der Waals surface area contributed by atoms with E-state index in [0.717, 1.165) is 0 Å². The molecule has 0 bridgehead atoms. The van der Waals surface area contributed by atoms with Gasteiger partial charge >= 0.3 is 0 Å². The largest absolute Gasteiger partial charge is 0.246 e. The lowest BCUT2D eigenvalue weighted by atomic mass is 9.94. The first-order valence-electron chi connectivity index (χ1n) is 4.68. The highest BCUT2D eigenvalue weighted by Gasteiger charge is 2.16. The fraction of sp³-hybridized carbons (Fsp3) is 0.455. The zero-order valence-electron chi connectivity index (χ0n) is 8.50. The summed E-state index contributed by atoms with van der Waals surface area (Å²) in [5.74, 6) is 0. The summed E-state index contributed by atoms with van der Waals surface area (Å²) in [4.78, 5) is 0. The van der Waals surface area contributed by atoms with E-state index in [1.165, 1.54) is 6.07 Å². The summed E-state index contributed by atoms with van der Waals surface area (Å²) < 4.78 is 50.8. The zero-order chi connectivity index (χ0) is 12.1. The summed E-state index contributed by atoms with van der Waals surface area (Å²) in [7, 11) is 0. The number of hydrogen-bond acceptors (Lipinski definition) is 0. The van der Waals surface area contributed by atoms with Crippen molar-refractivity contribution in [2.75, 3.05) is 0 Å². The SMILES string of the molecule is FCc1cc(CF)c(CF)c(CBr)c1CF. The van der Waals surface area contributed by atoms with Gasteiger partial charge in [-0.1, -0.05) is 15.9 Å². The minimum absolute atomic E-state index is 0.0989. The molecule has 0 aliphatic heterocycles. The third-order valence-electron chi connectivity index (χ3n) is 2.54. The molecule has 16 heavy (non-hydrogen) atoms. The van der Waals surface area contributed by atoms with Crippen LogP contribution in [0.25, 0.3) is 0 Å². The maximum atomic E-state index is 12.8. The number of hydrogen-bond donors (Lipinski definition) is 0. The number of rotatable bonds is 5. The second kappa shape index (κ2) is 6.23. The van der Waals surface area contributed by atoms with Crippen LogP contribution in [0, 0.1) is 0 Å². The molecule has 0 atom stereocenters. The van der Waals surface area contributed by atoms with Gasteiger partial charge in [0.15, 0.2) is 0 Å². The highest BCUT2D eigenvalue weighted by Crippen LogP contribution is 2.28. The average Bonchev–Trinajstić information content (AvgIpc) is 2.35. The number of alkyl halides is 5. The Morgan fingerprint density at radius 1 is 0.750 bits per heavy atom. The van der Waals surface area contributed by atoms with Crippen molar-refractivity contribution in [3.05, 3.63) is 33.9 Å². The molecule has 0 fully saturated rings. The maximum Gasteiger partial charge on any atom is 0.115 e. The van der Waals surface area contributed by atoms with Gasteiger partial charge in [0.2, 0.25) is 0 Å². The van der Waals surface area contributed by atoms with Gasteiger partial charge < -0.3 is 0 Å². The van der Waals surface area contributed by atoms with Gasteiger partial charge in [-0.2, -0.15) is 0 Å². The van der Waals surface area contributed by atoms with Crippen molar-refractivity contribution in [3.63, 3.8) is 0 Å². The second-order valence-electron chi connectivity index (χ2n) is 3.30. The first kappa shape index (κ1) is 13.5. The molecule has 0 saturated heterocycles. The predicted octanol–water partition coefficient (Wildman–Crippen LogP) is 4.46. The molecule has 1 rings (SSSR count). The van der Waals surface area contributed by atoms with Crippen molar-refractivity contribution in [1.82, 2.24) is 0 Å². The number of benzene rings is 1. The van der Waals surface area contributed by atoms with Crippen LogP contribution in [0.4, 0.5) is 17.6 Å². The normalized spacial score (nSPS) is 10.8. The standard InChI is InChI=1S/C11H11BrF4/c12-2-9-10(5-15)7(3-13)1-8(4-14)11(9)6-16/h1H,2-6H2. The van der Waals surface area contributed by atoms with E-state index in [1.807, 2.05) is 0 Å². The molecule has 0 aliphatic rings. The summed E-state index contributed by atoms with van der Waals surface area (Å²) in [6.45, 7) is -3.50. The lowest BCUT2D eigenvalue weighted by Gasteiger charge is -2.15. The Balaban J connectivity index is 3.47. The van der Waals surface area contributed by atoms with Crippen LogP contribution >= 0.6 is 15.9 Å². The molecule has 0 nitrogen and oxygen atoms in total. The Hall–Kier alpha value is -0.580. The molecule has 90 valence electrons. The molecule has 0 N–H and O–H groups in total. The van der Waals surface area contributed by atoms with Crippen LogP contribution in [0.3, 0.4) is 0 Å². The summed E-state index contributed by atoms with van der Waals surface area (Å²) >= 11 is 3.09. The molecule has 0 amide bonds. The Kier molecular flexibility index (Phi) is 5.25. The van der Waals surface area contributed by atoms with Crippen LogP contribution < -0.4 is 0 Å². The molecule has 0 spiro atoms. The predicted molar refractivity (Wildman–Crippen MR) is 58.3 cm³/mol. The Morgan fingerprint density at radius 2 is 1.19 bits per heavy atom. The van der Waals surface area contributed by atoms with Crippen LogP contribution in [-0.2, 0) is 32.0 Å². The fourth-order valence-corrected chi connectivity index (χ4v) is 2.36. The molecule has 1 aromatic rings. The minimum atomic E-state index is -0.876. The molecule has 0 heterocycles. The Bertz CT molecular complexity index is 335. The fourth-order valence-electron chi connectivity index (χ4n) is 1.69. The molecule has 5 heteroatoms. The van der Waals surface area contributed by atoms with Crippen molar-refractivity contribution in [2.24, 2.45) is 0 Å². The summed E-state index contributed by atoms with van der Waals surface area (Å²) in [6, 6.07) is 1.20. The van der Waals surface area contributed by atoms with Crippen molar-refractivity contribution in [1.29, 1.82) is 0 Å². The van der Waals surface area contributed by atoms with Gasteiger partial charge in [0.05, 0.1) is 0 Å². The van der Waals surface area contributed by atoms with Gasteiger partial charge in [0, 0.05) is 5.33 Å². The molecule has 0 unspecified atom stereocenters. The van der Waals surface area contributed by atoms with E-state index in [0.29, 0.717) is 5.56 Å². The van der Waals surface area contributed by atoms with Crippen LogP contribution in [0.5, 0.6) is 0 Å². The van der Waals surface area contributed by atoms with Gasteiger partial charge in [0.1, 0.15) is 26.7 Å². The van der Waals surface area contributed by atoms with Gasteiger partial charge in [-0.15, -0.1) is 0 Å². The van der Waals surface area contributed by atoms with Gasteiger partial charge in [-0.3, -0.25) is 0 Å². The lowest BCUT2D eigenvalue weighted by Crippen LogP contribution is -2.04. The smallest absolute Gasteiger partial charge is 0.115 e. The molecule has 0 aliphatic carbocycles. The van der Waals surface area contributed by atoms with E-state index in [4.69, 9.17) is 0 Å². The summed E-state index contributed by atoms with van der Waals surface area (Å²) in [6.07, 6.45) is 0. The Morgan fingerprint density at radius 3 is 1.44 bits per heavy atom. The second-order valence-corrected chi connectivity index (χ2v) is 3.86. The third-order valence-corrected chi connectivity index (χ3v) is 3.10. The van der Waals surface area contributed by atoms with E-state index in [1.54, 1.807) is 0 Å². The first-order valence-corrected chi connectivity index (χ1v) is 5.80. The monoisotopic (exact) mass is 298 g/mol. The molecule has 0 saturated carbocycles. The molecule has 0 aromatic heterocycles. The van der Waals surface area contributed by atoms with Crippen molar-refractivity contribution >= 4 is 15.9 Å². The van der Waals surface area contributed by atoms with Gasteiger partial charge in [-0.05, 0) is 33.9 Å². The average molecular weight is 299 g/mol. The third kappa shape index (κ3) is 2.39. The maximum absolute atomic E-state index is 12.8. The van der Waals surface area contributed by atoms with Gasteiger partial charge in [-0.25, -0.2) is 17.6 Å².